The molecule has 36 heavy (non-hydrogen) atoms. The summed E-state index contributed by atoms with van der Waals surface area (Å²) in [6, 6.07) is 22.6. The highest BCUT2D eigenvalue weighted by Gasteiger charge is 2.35. The zero-order valence-electron chi connectivity index (χ0n) is 22.7. The first-order valence-electron chi connectivity index (χ1n) is 13.2. The van der Waals surface area contributed by atoms with Crippen molar-refractivity contribution in [2.75, 3.05) is 0 Å². The molecule has 6 rings (SSSR count). The molecule has 1 aliphatic carbocycles. The second-order valence-corrected chi connectivity index (χ2v) is 9.35. The second kappa shape index (κ2) is 8.04. The van der Waals surface area contributed by atoms with Crippen LogP contribution in [0.4, 0.5) is 0 Å². The van der Waals surface area contributed by atoms with Crippen LogP contribution in [0.1, 0.15) is 37.6 Å². The molecule has 6 nitrogen and oxygen atoms in total. The molecule has 0 saturated heterocycles. The molecule has 2 aromatic heterocycles. The van der Waals surface area contributed by atoms with Gasteiger partial charge < -0.3 is 14.9 Å². The molecule has 0 aliphatic heterocycles. The molecule has 5 aromatic rings. The Morgan fingerprint density at radius 1 is 1.08 bits per heavy atom. The van der Waals surface area contributed by atoms with E-state index in [1.807, 2.05) is 54.1 Å². The molecule has 0 spiro atoms. The molecule has 0 amide bonds. The summed E-state index contributed by atoms with van der Waals surface area (Å²) in [4.78, 5) is 17.5. The summed E-state index contributed by atoms with van der Waals surface area (Å²) < 4.78 is 26.9. The van der Waals surface area contributed by atoms with Crippen LogP contribution < -0.4 is 11.3 Å². The van der Waals surface area contributed by atoms with Gasteiger partial charge in [0.1, 0.15) is 5.54 Å². The minimum absolute atomic E-state index is 0.300. The third-order valence-corrected chi connectivity index (χ3v) is 7.29. The zero-order valence-corrected chi connectivity index (χ0v) is 19.7. The fourth-order valence-corrected chi connectivity index (χ4v) is 5.34. The number of rotatable bonds is 1. The van der Waals surface area contributed by atoms with Crippen LogP contribution in [0.25, 0.3) is 22.0 Å². The summed E-state index contributed by atoms with van der Waals surface area (Å²) in [7, 11) is 1.87. The van der Waals surface area contributed by atoms with Crippen molar-refractivity contribution >= 4 is 10.9 Å². The van der Waals surface area contributed by atoms with E-state index in [4.69, 9.17) is 9.85 Å². The first-order valence-corrected chi connectivity index (χ1v) is 11.7. The Morgan fingerprint density at radius 2 is 1.92 bits per heavy atom. The number of aryl methyl sites for hydroxylation is 4. The molecule has 6 heteroatoms. The molecule has 0 fully saturated rings. The van der Waals surface area contributed by atoms with Crippen molar-refractivity contribution in [3.8, 4) is 17.2 Å². The molecule has 176 valence electrons. The quantitative estimate of drug-likeness (QED) is 0.395. The number of hydrogen-bond acceptors (Lipinski definition) is 4. The zero-order chi connectivity index (χ0) is 27.5. The lowest BCUT2D eigenvalue weighted by atomic mass is 9.79. The summed E-state index contributed by atoms with van der Waals surface area (Å²) in [5, 5.41) is 10.4. The van der Waals surface area contributed by atoms with Gasteiger partial charge in [0, 0.05) is 29.6 Å². The highest BCUT2D eigenvalue weighted by atomic mass is 16.1. The van der Waals surface area contributed by atoms with Crippen LogP contribution in [-0.4, -0.2) is 14.1 Å². The van der Waals surface area contributed by atoms with E-state index in [-0.39, 0.29) is 0 Å². The molecule has 0 unspecified atom stereocenters. The van der Waals surface area contributed by atoms with Crippen LogP contribution in [0.3, 0.4) is 0 Å². The number of imidazole rings is 1. The average molecular weight is 475 g/mol. The van der Waals surface area contributed by atoms with Gasteiger partial charge in [-0.1, -0.05) is 42.5 Å². The van der Waals surface area contributed by atoms with Gasteiger partial charge in [0.25, 0.3) is 5.56 Å². The number of benzene rings is 3. The van der Waals surface area contributed by atoms with Crippen molar-refractivity contribution in [1.29, 1.82) is 5.26 Å². The predicted octanol–water partition coefficient (Wildman–Crippen LogP) is 4.16. The van der Waals surface area contributed by atoms with Crippen LogP contribution in [0.5, 0.6) is 0 Å². The van der Waals surface area contributed by atoms with Gasteiger partial charge in [-0.2, -0.15) is 5.26 Å². The number of nitrogens with two attached hydrogens (primary N) is 1. The van der Waals surface area contributed by atoms with Crippen LogP contribution in [0, 0.1) is 11.3 Å². The van der Waals surface area contributed by atoms with Gasteiger partial charge in [-0.15, -0.1) is 0 Å². The molecule has 0 radical (unpaired) electrons. The largest absolute Gasteiger partial charge is 0.336 e. The summed E-state index contributed by atoms with van der Waals surface area (Å²) in [5.41, 5.74) is 12.0. The van der Waals surface area contributed by atoms with Crippen LogP contribution in [-0.2, 0) is 32.4 Å². The third-order valence-electron chi connectivity index (χ3n) is 7.29. The number of fused-ring (bicyclic) bond motifs is 6. The van der Waals surface area contributed by atoms with Crippen molar-refractivity contribution in [1.82, 2.24) is 14.1 Å². The lowest BCUT2D eigenvalue weighted by Crippen LogP contribution is -2.41. The standard InChI is InChI=1S/C30H25N5O/c1-34-18-33-17-28(34)30(32)23-9-8-22(16-31)20(13-23)7-6-19-4-3-5-21(12-19)25-15-29(36)35(2)27-11-10-24(30)14-26(25)27/h3-5,8-15,17-18H,6-7,32H2,1-2H3/t30-/m1/s1/i2D3. The highest BCUT2D eigenvalue weighted by molar-refractivity contribution is 5.95. The Hall–Kier alpha value is -4.47. The maximum absolute atomic E-state index is 13.2. The van der Waals surface area contributed by atoms with E-state index in [0.717, 1.165) is 32.5 Å². The van der Waals surface area contributed by atoms with Crippen molar-refractivity contribution in [2.45, 2.75) is 18.4 Å². The summed E-state index contributed by atoms with van der Waals surface area (Å²) >= 11 is 0. The van der Waals surface area contributed by atoms with E-state index in [2.05, 4.69) is 11.1 Å². The van der Waals surface area contributed by atoms with Gasteiger partial charge in [-0.05, 0) is 64.4 Å². The maximum atomic E-state index is 13.2. The number of nitrogens with zero attached hydrogens (tertiary/aromatic N) is 4. The van der Waals surface area contributed by atoms with Gasteiger partial charge in [-0.25, -0.2) is 4.98 Å². The highest BCUT2D eigenvalue weighted by Crippen LogP contribution is 2.38. The molecular formula is C30H25N5O. The Morgan fingerprint density at radius 3 is 2.69 bits per heavy atom. The summed E-state index contributed by atoms with van der Waals surface area (Å²) in [6.07, 6.45) is 4.69. The topological polar surface area (TPSA) is 89.6 Å². The van der Waals surface area contributed by atoms with Crippen LogP contribution in [0.2, 0.25) is 0 Å². The smallest absolute Gasteiger partial charge is 0.251 e. The van der Waals surface area contributed by atoms with Crippen LogP contribution >= 0.6 is 0 Å². The van der Waals surface area contributed by atoms with E-state index in [9.17, 15) is 10.1 Å². The summed E-state index contributed by atoms with van der Waals surface area (Å²) in [6.45, 7) is -2.66. The van der Waals surface area contributed by atoms with Crippen LogP contribution in [0.15, 0.2) is 84.0 Å². The Balaban J connectivity index is 1.78. The molecule has 1 atom stereocenters. The number of nitriles is 1. The number of pyridine rings is 1. The molecule has 2 heterocycles. The first kappa shape index (κ1) is 18.8. The van der Waals surface area contributed by atoms with E-state index >= 15 is 0 Å². The van der Waals surface area contributed by atoms with Crippen molar-refractivity contribution in [2.24, 2.45) is 19.8 Å². The second-order valence-electron chi connectivity index (χ2n) is 9.35. The lowest BCUT2D eigenvalue weighted by molar-refractivity contribution is 0.595. The SMILES string of the molecule is [2H]C([2H])([2H])n1c(=O)cc2c3cc(ccc31)[C@@](N)(c1cncn1C)c1ccc(C#N)c(c1)CCc1cccc-2c1. The Bertz CT molecular complexity index is 1880. The fraction of sp³-hybridized carbons (Fsp3) is 0.167. The molecule has 6 bridgehead atoms. The van der Waals surface area contributed by atoms with E-state index in [1.165, 1.54) is 6.07 Å². The molecule has 0 saturated carbocycles. The van der Waals surface area contributed by atoms with Crippen molar-refractivity contribution < 1.29 is 4.11 Å². The van der Waals surface area contributed by atoms with Gasteiger partial charge in [-0.3, -0.25) is 4.79 Å². The normalized spacial score (nSPS) is 18.3. The van der Waals surface area contributed by atoms with E-state index in [1.54, 1.807) is 30.7 Å². The summed E-state index contributed by atoms with van der Waals surface area (Å²) in [5.74, 6) is 0. The minimum atomic E-state index is -2.66. The lowest BCUT2D eigenvalue weighted by Gasteiger charge is -2.32. The van der Waals surface area contributed by atoms with Crippen molar-refractivity contribution in [3.63, 3.8) is 0 Å². The maximum Gasteiger partial charge on any atom is 0.251 e. The minimum Gasteiger partial charge on any atom is -0.336 e. The molecule has 3 aromatic carbocycles. The van der Waals surface area contributed by atoms with Crippen molar-refractivity contribution in [3.05, 3.63) is 123 Å². The van der Waals surface area contributed by atoms with Gasteiger partial charge in [0.05, 0.1) is 35.4 Å². The third kappa shape index (κ3) is 3.21. The van der Waals surface area contributed by atoms with Gasteiger partial charge in [0.2, 0.25) is 0 Å². The predicted molar refractivity (Wildman–Crippen MR) is 140 cm³/mol. The molecular weight excluding hydrogens is 446 g/mol. The van der Waals surface area contributed by atoms with Gasteiger partial charge >= 0.3 is 0 Å². The monoisotopic (exact) mass is 474 g/mol. The number of aromatic nitrogens is 3. The Kier molecular flexibility index (Phi) is 4.20. The van der Waals surface area contributed by atoms with E-state index in [0.29, 0.717) is 40.4 Å². The molecule has 2 N–H and O–H groups in total. The molecule has 1 aliphatic rings. The number of hydrogen-bond donors (Lipinski definition) is 1. The average Bonchev–Trinajstić information content (AvgIpc) is 3.35. The van der Waals surface area contributed by atoms with E-state index < -0.39 is 18.1 Å². The fourth-order valence-electron chi connectivity index (χ4n) is 5.34. The van der Waals surface area contributed by atoms with Gasteiger partial charge in [0.15, 0.2) is 0 Å². The Labute approximate surface area is 213 Å². The first-order chi connectivity index (χ1) is 18.6.